The van der Waals surface area contributed by atoms with Crippen LogP contribution in [0.4, 0.5) is 28.0 Å². The molecule has 2 aromatic rings. The van der Waals surface area contributed by atoms with E-state index >= 15 is 0 Å². The van der Waals surface area contributed by atoms with Crippen molar-refractivity contribution in [1.82, 2.24) is 25.1 Å². The summed E-state index contributed by atoms with van der Waals surface area (Å²) in [5, 5.41) is 9.17. The number of carbonyl (C=O) groups is 3. The van der Waals surface area contributed by atoms with Crippen molar-refractivity contribution in [3.05, 3.63) is 45.7 Å². The molecule has 0 spiro atoms. The van der Waals surface area contributed by atoms with Gasteiger partial charge in [-0.15, -0.1) is 0 Å². The van der Waals surface area contributed by atoms with Gasteiger partial charge in [0.25, 0.3) is 18.2 Å². The molecule has 1 aromatic heterocycles. The summed E-state index contributed by atoms with van der Waals surface area (Å²) in [6.07, 6.45) is -3.81. The number of rotatable bonds is 4. The molecule has 0 bridgehead atoms. The molecular weight excluding hydrogens is 500 g/mol. The van der Waals surface area contributed by atoms with Crippen molar-refractivity contribution in [2.75, 3.05) is 25.5 Å². The van der Waals surface area contributed by atoms with Crippen molar-refractivity contribution in [2.45, 2.75) is 32.0 Å². The van der Waals surface area contributed by atoms with Gasteiger partial charge < -0.3 is 15.5 Å². The van der Waals surface area contributed by atoms with E-state index in [1.165, 1.54) is 16.6 Å². The van der Waals surface area contributed by atoms with Crippen LogP contribution in [0.2, 0.25) is 5.02 Å². The molecule has 35 heavy (non-hydrogen) atoms. The molecule has 1 atom stereocenters. The number of amides is 4. The van der Waals surface area contributed by atoms with E-state index in [4.69, 9.17) is 16.4 Å². The maximum Gasteiger partial charge on any atom is 0.322 e. The van der Waals surface area contributed by atoms with Gasteiger partial charge in [0.05, 0.1) is 36.0 Å². The van der Waals surface area contributed by atoms with Crippen LogP contribution < -0.4 is 10.6 Å². The number of hydroxylamine groups is 2. The molecule has 4 amide bonds. The van der Waals surface area contributed by atoms with Crippen LogP contribution in [0.3, 0.4) is 0 Å². The van der Waals surface area contributed by atoms with Gasteiger partial charge in [-0.05, 0) is 6.07 Å². The molecule has 0 saturated heterocycles. The van der Waals surface area contributed by atoms with Gasteiger partial charge in [0, 0.05) is 31.6 Å². The predicted molar refractivity (Wildman–Crippen MR) is 113 cm³/mol. The fourth-order valence-corrected chi connectivity index (χ4v) is 3.95. The number of hydrogen-bond donors (Lipinski definition) is 2. The lowest BCUT2D eigenvalue weighted by Gasteiger charge is -2.27. The van der Waals surface area contributed by atoms with Crippen LogP contribution in [0.15, 0.2) is 12.1 Å². The highest BCUT2D eigenvalue weighted by Crippen LogP contribution is 2.28. The molecule has 2 N–H and O–H groups in total. The second-order valence-electron chi connectivity index (χ2n) is 7.84. The molecule has 2 aliphatic heterocycles. The van der Waals surface area contributed by atoms with Crippen molar-refractivity contribution in [3.8, 4) is 0 Å². The van der Waals surface area contributed by atoms with E-state index < -0.39 is 48.6 Å². The van der Waals surface area contributed by atoms with Crippen LogP contribution in [-0.4, -0.2) is 70.3 Å². The zero-order valence-corrected chi connectivity index (χ0v) is 18.9. The molecule has 0 fully saturated rings. The fourth-order valence-electron chi connectivity index (χ4n) is 3.78. The number of halogens is 5. The lowest BCUT2D eigenvalue weighted by atomic mass is 10.1. The van der Waals surface area contributed by atoms with E-state index in [2.05, 4.69) is 10.4 Å². The van der Waals surface area contributed by atoms with Gasteiger partial charge in [-0.2, -0.15) is 5.10 Å². The normalized spacial score (nSPS) is 17.7. The molecular formula is C20H19ClF4N6O4. The molecule has 0 saturated carbocycles. The topological polar surface area (TPSA) is 109 Å². The highest BCUT2D eigenvalue weighted by molar-refractivity contribution is 6.31. The number of benzene rings is 1. The minimum Gasteiger partial charge on any atom is -0.348 e. The van der Waals surface area contributed by atoms with E-state index in [9.17, 15) is 31.9 Å². The summed E-state index contributed by atoms with van der Waals surface area (Å²) < 4.78 is 53.6. The van der Waals surface area contributed by atoms with Crippen LogP contribution in [0.25, 0.3) is 0 Å². The van der Waals surface area contributed by atoms with E-state index in [1.807, 2.05) is 5.32 Å². The maximum absolute atomic E-state index is 14.0. The van der Waals surface area contributed by atoms with E-state index in [1.54, 1.807) is 0 Å². The first kappa shape index (κ1) is 24.7. The van der Waals surface area contributed by atoms with Gasteiger partial charge in [0.15, 0.2) is 6.10 Å². The quantitative estimate of drug-likeness (QED) is 0.476. The summed E-state index contributed by atoms with van der Waals surface area (Å²) in [6, 6.07) is 0.777. The Labute approximate surface area is 200 Å². The number of alkyl halides is 2. The standard InChI is InChI=1S/C20H19ClF4N6O4/c1-29-19(33)17-9-7-30(20(34)27-14-4-10(21)11(22)5-12(14)23)3-2-13(9)28-31(17)8-15(35-29)18(32)26-6-16(24)25/h4-5,15-16H,2-3,6-8H2,1H3,(H,26,32)(H,27,34). The third kappa shape index (κ3) is 5.03. The zero-order valence-electron chi connectivity index (χ0n) is 18.2. The highest BCUT2D eigenvalue weighted by Gasteiger charge is 2.37. The molecule has 3 heterocycles. The van der Waals surface area contributed by atoms with Gasteiger partial charge in [0.2, 0.25) is 0 Å². The Morgan fingerprint density at radius 2 is 2.03 bits per heavy atom. The van der Waals surface area contributed by atoms with Gasteiger partial charge in [-0.3, -0.25) is 19.1 Å². The smallest absolute Gasteiger partial charge is 0.322 e. The van der Waals surface area contributed by atoms with Crippen molar-refractivity contribution >= 4 is 35.1 Å². The number of nitrogens with zero attached hydrogens (tertiary/aromatic N) is 4. The first-order valence-electron chi connectivity index (χ1n) is 10.3. The van der Waals surface area contributed by atoms with Crippen LogP contribution >= 0.6 is 11.6 Å². The summed E-state index contributed by atoms with van der Waals surface area (Å²) >= 11 is 5.66. The summed E-state index contributed by atoms with van der Waals surface area (Å²) in [6.45, 7) is -0.999. The van der Waals surface area contributed by atoms with E-state index in [0.717, 1.165) is 11.1 Å². The number of nitrogens with one attached hydrogen (secondary N) is 2. The number of fused-ring (bicyclic) bond motifs is 3. The molecule has 15 heteroatoms. The minimum absolute atomic E-state index is 0.0696. The number of carbonyl (C=O) groups excluding carboxylic acids is 3. The Balaban J connectivity index is 1.54. The molecule has 0 radical (unpaired) electrons. The second kappa shape index (κ2) is 9.70. The third-order valence-corrected chi connectivity index (χ3v) is 5.77. The molecule has 2 aliphatic rings. The molecule has 10 nitrogen and oxygen atoms in total. The van der Waals surface area contributed by atoms with Gasteiger partial charge in [-0.1, -0.05) is 11.6 Å². The first-order valence-corrected chi connectivity index (χ1v) is 10.7. The van der Waals surface area contributed by atoms with E-state index in [-0.39, 0.29) is 42.5 Å². The molecule has 0 aliphatic carbocycles. The van der Waals surface area contributed by atoms with Gasteiger partial charge in [-0.25, -0.2) is 27.4 Å². The number of aromatic nitrogens is 2. The lowest BCUT2D eigenvalue weighted by molar-refractivity contribution is -0.168. The zero-order chi connectivity index (χ0) is 25.4. The highest BCUT2D eigenvalue weighted by atomic mass is 35.5. The van der Waals surface area contributed by atoms with Crippen LogP contribution in [0.1, 0.15) is 21.7 Å². The Morgan fingerprint density at radius 1 is 1.29 bits per heavy atom. The number of hydrogen-bond acceptors (Lipinski definition) is 5. The first-order chi connectivity index (χ1) is 16.5. The lowest BCUT2D eigenvalue weighted by Crippen LogP contribution is -2.43. The van der Waals surface area contributed by atoms with Gasteiger partial charge >= 0.3 is 6.03 Å². The average Bonchev–Trinajstić information content (AvgIpc) is 3.10. The summed E-state index contributed by atoms with van der Waals surface area (Å²) in [4.78, 5) is 44.6. The van der Waals surface area contributed by atoms with Gasteiger partial charge in [0.1, 0.15) is 17.3 Å². The van der Waals surface area contributed by atoms with Crippen molar-refractivity contribution in [2.24, 2.45) is 0 Å². The SMILES string of the molecule is CN1OC(C(=O)NCC(F)F)Cn2nc3c(c2C1=O)CN(C(=O)Nc1cc(Cl)c(F)cc1F)CC3. The molecule has 1 aromatic carbocycles. The molecule has 188 valence electrons. The summed E-state index contributed by atoms with van der Waals surface area (Å²) in [5.74, 6) is -3.48. The van der Waals surface area contributed by atoms with Crippen LogP contribution in [0.5, 0.6) is 0 Å². The Hall–Kier alpha value is -3.39. The van der Waals surface area contributed by atoms with Crippen molar-refractivity contribution < 1.29 is 36.8 Å². The maximum atomic E-state index is 14.0. The number of urea groups is 1. The summed E-state index contributed by atoms with van der Waals surface area (Å²) in [5.41, 5.74) is 0.664. The van der Waals surface area contributed by atoms with E-state index in [0.29, 0.717) is 17.3 Å². The van der Waals surface area contributed by atoms with Crippen LogP contribution in [0, 0.1) is 11.6 Å². The average molecular weight is 519 g/mol. The Kier molecular flexibility index (Phi) is 6.85. The largest absolute Gasteiger partial charge is 0.348 e. The Morgan fingerprint density at radius 3 is 2.74 bits per heavy atom. The molecule has 1 unspecified atom stereocenters. The second-order valence-corrected chi connectivity index (χ2v) is 8.24. The number of anilines is 1. The minimum atomic E-state index is -2.76. The fraction of sp³-hybridized carbons (Fsp3) is 0.400. The summed E-state index contributed by atoms with van der Waals surface area (Å²) in [7, 11) is 1.26. The molecule has 4 rings (SSSR count). The van der Waals surface area contributed by atoms with Crippen LogP contribution in [-0.2, 0) is 29.1 Å². The van der Waals surface area contributed by atoms with Crippen molar-refractivity contribution in [1.29, 1.82) is 0 Å². The van der Waals surface area contributed by atoms with Crippen molar-refractivity contribution in [3.63, 3.8) is 0 Å². The predicted octanol–water partition coefficient (Wildman–Crippen LogP) is 2.17. The Bertz CT molecular complexity index is 1190. The monoisotopic (exact) mass is 518 g/mol. The third-order valence-electron chi connectivity index (χ3n) is 5.48.